The van der Waals surface area contributed by atoms with E-state index in [1.165, 1.54) is 17.6 Å². The fourth-order valence-corrected chi connectivity index (χ4v) is 2.95. The van der Waals surface area contributed by atoms with Crippen LogP contribution in [-0.2, 0) is 17.3 Å². The Morgan fingerprint density at radius 1 is 1.28 bits per heavy atom. The zero-order valence-electron chi connectivity index (χ0n) is 17.4. The molecule has 0 aliphatic rings. The predicted molar refractivity (Wildman–Crippen MR) is 107 cm³/mol. The number of hydrogen-bond donors (Lipinski definition) is 2. The van der Waals surface area contributed by atoms with Gasteiger partial charge in [0.25, 0.3) is 5.91 Å². The van der Waals surface area contributed by atoms with Crippen LogP contribution >= 0.6 is 0 Å². The number of benzene rings is 1. The van der Waals surface area contributed by atoms with Gasteiger partial charge in [-0.05, 0) is 43.5 Å². The van der Waals surface area contributed by atoms with Crippen molar-refractivity contribution in [1.82, 2.24) is 19.9 Å². The van der Waals surface area contributed by atoms with Crippen molar-refractivity contribution in [2.24, 2.45) is 0 Å². The average Bonchev–Trinajstić information content (AvgIpc) is 3.12. The zero-order chi connectivity index (χ0) is 23.5. The molecular weight excluding hydrogens is 432 g/mol. The van der Waals surface area contributed by atoms with E-state index in [1.54, 1.807) is 12.4 Å². The van der Waals surface area contributed by atoms with Gasteiger partial charge in [0.2, 0.25) is 0 Å². The first-order valence-corrected chi connectivity index (χ1v) is 9.70. The summed E-state index contributed by atoms with van der Waals surface area (Å²) in [6.45, 7) is 2.95. The van der Waals surface area contributed by atoms with Crippen molar-refractivity contribution in [3.05, 3.63) is 64.9 Å². The Morgan fingerprint density at radius 3 is 2.72 bits per heavy atom. The van der Waals surface area contributed by atoms with Gasteiger partial charge in [-0.15, -0.1) is 0 Å². The third-order valence-electron chi connectivity index (χ3n) is 4.67. The number of fused-ring (bicyclic) bond motifs is 1. The van der Waals surface area contributed by atoms with Crippen LogP contribution in [0.2, 0.25) is 0 Å². The molecule has 0 aliphatic heterocycles. The lowest BCUT2D eigenvalue weighted by Crippen LogP contribution is -2.44. The highest BCUT2D eigenvalue weighted by Gasteiger charge is 2.31. The highest BCUT2D eigenvalue weighted by atomic mass is 19.4. The van der Waals surface area contributed by atoms with Crippen molar-refractivity contribution < 1.29 is 32.2 Å². The van der Waals surface area contributed by atoms with Crippen molar-refractivity contribution in [3.63, 3.8) is 0 Å². The molecule has 2 heterocycles. The Morgan fingerprint density at radius 2 is 2.03 bits per heavy atom. The smallest absolute Gasteiger partial charge is 0.386 e. The number of alkyl halides is 3. The van der Waals surface area contributed by atoms with Gasteiger partial charge in [-0.1, -0.05) is 6.07 Å². The van der Waals surface area contributed by atoms with Crippen LogP contribution in [0, 0.1) is 12.7 Å². The third kappa shape index (κ3) is 5.80. The number of carbonyl (C=O) groups is 1. The Balaban J connectivity index is 1.47. The van der Waals surface area contributed by atoms with E-state index < -0.39 is 29.1 Å². The average molecular weight is 454 g/mol. The van der Waals surface area contributed by atoms with Crippen LogP contribution < -0.4 is 5.32 Å². The molecule has 0 spiro atoms. The molecule has 0 bridgehead atoms. The SMILES string of the molecule is Cc1cnc2c(C(=O)NCC(C)(O)COCCc3ccc(C(F)(F)F)cc3F)cnn2c1. The van der Waals surface area contributed by atoms with Crippen LogP contribution in [0.1, 0.15) is 34.0 Å². The third-order valence-corrected chi connectivity index (χ3v) is 4.67. The quantitative estimate of drug-likeness (QED) is 0.404. The number of carbonyl (C=O) groups excluding carboxylic acids is 1. The topological polar surface area (TPSA) is 88.8 Å². The minimum absolute atomic E-state index is 0.0241. The summed E-state index contributed by atoms with van der Waals surface area (Å²) in [6.07, 6.45) is 0.123. The lowest BCUT2D eigenvalue weighted by molar-refractivity contribution is -0.137. The molecule has 1 atom stereocenters. The molecule has 0 aliphatic carbocycles. The van der Waals surface area contributed by atoms with Gasteiger partial charge in [0.05, 0.1) is 25.0 Å². The number of hydrogen-bond acceptors (Lipinski definition) is 5. The summed E-state index contributed by atoms with van der Waals surface area (Å²) in [5, 5.41) is 17.1. The first-order valence-electron chi connectivity index (χ1n) is 9.70. The van der Waals surface area contributed by atoms with Gasteiger partial charge < -0.3 is 15.2 Å². The maximum Gasteiger partial charge on any atom is 0.416 e. The molecule has 3 aromatic rings. The molecule has 0 saturated carbocycles. The highest BCUT2D eigenvalue weighted by molar-refractivity contribution is 5.99. The van der Waals surface area contributed by atoms with Gasteiger partial charge >= 0.3 is 6.18 Å². The van der Waals surface area contributed by atoms with Crippen LogP contribution in [0.4, 0.5) is 17.6 Å². The molecule has 3 rings (SSSR count). The van der Waals surface area contributed by atoms with Gasteiger partial charge in [0.15, 0.2) is 5.65 Å². The Hall–Kier alpha value is -3.05. The Bertz CT molecular complexity index is 1110. The summed E-state index contributed by atoms with van der Waals surface area (Å²) in [7, 11) is 0. The second-order valence-electron chi connectivity index (χ2n) is 7.74. The molecule has 32 heavy (non-hydrogen) atoms. The van der Waals surface area contributed by atoms with E-state index >= 15 is 0 Å². The van der Waals surface area contributed by atoms with E-state index in [9.17, 15) is 27.5 Å². The van der Waals surface area contributed by atoms with Crippen LogP contribution in [0.5, 0.6) is 0 Å². The van der Waals surface area contributed by atoms with E-state index in [-0.39, 0.29) is 37.3 Å². The molecular formula is C21H22F4N4O3. The molecule has 0 saturated heterocycles. The number of nitrogens with one attached hydrogen (secondary N) is 1. The fraction of sp³-hybridized carbons (Fsp3) is 0.381. The number of amides is 1. The standard InChI is InChI=1S/C21H22F4N4O3/c1-13-8-26-18-16(9-28-29(18)10-13)19(30)27-11-20(2,31)12-32-6-5-14-3-4-15(7-17(14)22)21(23,24)25/h3-4,7-10,31H,5-6,11-12H2,1-2H3,(H,27,30). The molecule has 11 heteroatoms. The van der Waals surface area contributed by atoms with E-state index in [4.69, 9.17) is 4.74 Å². The maximum atomic E-state index is 13.9. The summed E-state index contributed by atoms with van der Waals surface area (Å²) >= 11 is 0. The van der Waals surface area contributed by atoms with Crippen molar-refractivity contribution in [1.29, 1.82) is 0 Å². The molecule has 1 aromatic carbocycles. The number of nitrogens with zero attached hydrogens (tertiary/aromatic N) is 3. The molecule has 1 unspecified atom stereocenters. The fourth-order valence-electron chi connectivity index (χ4n) is 2.95. The van der Waals surface area contributed by atoms with Gasteiger partial charge in [0, 0.05) is 18.9 Å². The summed E-state index contributed by atoms with van der Waals surface area (Å²) < 4.78 is 58.5. The first-order chi connectivity index (χ1) is 15.0. The largest absolute Gasteiger partial charge is 0.416 e. The number of aliphatic hydroxyl groups is 1. The van der Waals surface area contributed by atoms with E-state index in [1.807, 2.05) is 6.92 Å². The second kappa shape index (κ2) is 9.21. The first kappa shape index (κ1) is 23.6. The van der Waals surface area contributed by atoms with Crippen LogP contribution in [0.15, 0.2) is 36.8 Å². The molecule has 7 nitrogen and oxygen atoms in total. The van der Waals surface area contributed by atoms with Crippen LogP contribution in [0.25, 0.3) is 5.65 Å². The van der Waals surface area contributed by atoms with Gasteiger partial charge in [0.1, 0.15) is 17.0 Å². The van der Waals surface area contributed by atoms with Crippen LogP contribution in [-0.4, -0.2) is 51.0 Å². The minimum atomic E-state index is -4.61. The molecule has 0 fully saturated rings. The molecule has 172 valence electrons. The minimum Gasteiger partial charge on any atom is -0.386 e. The van der Waals surface area contributed by atoms with E-state index in [0.717, 1.165) is 17.7 Å². The van der Waals surface area contributed by atoms with Crippen molar-refractivity contribution in [2.45, 2.75) is 32.0 Å². The summed E-state index contributed by atoms with van der Waals surface area (Å²) in [4.78, 5) is 16.6. The van der Waals surface area contributed by atoms with Gasteiger partial charge in [-0.2, -0.15) is 18.3 Å². The maximum absolute atomic E-state index is 13.9. The number of aromatic nitrogens is 3. The number of halogens is 4. The second-order valence-corrected chi connectivity index (χ2v) is 7.74. The van der Waals surface area contributed by atoms with Crippen LogP contribution in [0.3, 0.4) is 0 Å². The zero-order valence-corrected chi connectivity index (χ0v) is 17.4. The monoisotopic (exact) mass is 454 g/mol. The number of rotatable bonds is 8. The molecule has 2 aromatic heterocycles. The molecule has 2 N–H and O–H groups in total. The molecule has 1 amide bonds. The number of ether oxygens (including phenoxy) is 1. The molecule has 0 radical (unpaired) electrons. The Labute approximate surface area is 181 Å². The highest BCUT2D eigenvalue weighted by Crippen LogP contribution is 2.30. The van der Waals surface area contributed by atoms with E-state index in [0.29, 0.717) is 11.7 Å². The van der Waals surface area contributed by atoms with Gasteiger partial charge in [-0.25, -0.2) is 13.9 Å². The van der Waals surface area contributed by atoms with E-state index in [2.05, 4.69) is 15.4 Å². The summed E-state index contributed by atoms with van der Waals surface area (Å²) in [5.41, 5.74) is -0.913. The predicted octanol–water partition coefficient (Wildman–Crippen LogP) is 2.94. The Kier molecular flexibility index (Phi) is 6.79. The summed E-state index contributed by atoms with van der Waals surface area (Å²) in [6, 6.07) is 2.31. The van der Waals surface area contributed by atoms with Gasteiger partial charge in [-0.3, -0.25) is 4.79 Å². The van der Waals surface area contributed by atoms with Crippen molar-refractivity contribution >= 4 is 11.6 Å². The summed E-state index contributed by atoms with van der Waals surface area (Å²) in [5.74, 6) is -1.44. The normalized spacial score (nSPS) is 13.8. The van der Waals surface area contributed by atoms with Crippen molar-refractivity contribution in [3.8, 4) is 0 Å². The lowest BCUT2D eigenvalue weighted by atomic mass is 10.1. The van der Waals surface area contributed by atoms with Crippen molar-refractivity contribution in [2.75, 3.05) is 19.8 Å². The lowest BCUT2D eigenvalue weighted by Gasteiger charge is -2.23. The number of aryl methyl sites for hydroxylation is 1.